The minimum absolute atomic E-state index is 0.257. The standard InChI is InChI=1S/C17H16BrNS2/c1-12(13-6-2-3-7-14(13)18)19-17(15-8-4-10-20-15)16-9-5-11-21-16/h2-12,17,19H,1H3/t12-/m1/s1. The highest BCUT2D eigenvalue weighted by Crippen LogP contribution is 2.32. The second-order valence-corrected chi connectivity index (χ2v) is 7.69. The van der Waals surface area contributed by atoms with Crippen LogP contribution in [0.5, 0.6) is 0 Å². The van der Waals surface area contributed by atoms with Crippen molar-refractivity contribution in [2.24, 2.45) is 0 Å². The molecule has 3 aromatic rings. The Labute approximate surface area is 141 Å². The van der Waals surface area contributed by atoms with Crippen LogP contribution in [-0.2, 0) is 0 Å². The molecule has 0 saturated heterocycles. The molecule has 1 aromatic carbocycles. The van der Waals surface area contributed by atoms with Crippen LogP contribution in [0.1, 0.15) is 34.3 Å². The molecular formula is C17H16BrNS2. The van der Waals surface area contributed by atoms with Crippen molar-refractivity contribution < 1.29 is 0 Å². The maximum atomic E-state index is 3.77. The van der Waals surface area contributed by atoms with Crippen molar-refractivity contribution in [1.82, 2.24) is 5.32 Å². The first-order valence-corrected chi connectivity index (χ1v) is 9.38. The van der Waals surface area contributed by atoms with Gasteiger partial charge in [-0.05, 0) is 41.4 Å². The zero-order chi connectivity index (χ0) is 14.7. The van der Waals surface area contributed by atoms with E-state index in [2.05, 4.69) is 87.5 Å². The molecule has 0 aliphatic rings. The van der Waals surface area contributed by atoms with Crippen LogP contribution >= 0.6 is 38.6 Å². The van der Waals surface area contributed by atoms with Gasteiger partial charge in [0.05, 0.1) is 6.04 Å². The van der Waals surface area contributed by atoms with Crippen LogP contribution in [-0.4, -0.2) is 0 Å². The quantitative estimate of drug-likeness (QED) is 0.573. The molecule has 0 fully saturated rings. The molecule has 0 amide bonds. The van der Waals surface area contributed by atoms with E-state index in [1.165, 1.54) is 15.3 Å². The summed E-state index contributed by atoms with van der Waals surface area (Å²) >= 11 is 7.26. The molecule has 21 heavy (non-hydrogen) atoms. The lowest BCUT2D eigenvalue weighted by atomic mass is 10.1. The van der Waals surface area contributed by atoms with E-state index in [1.807, 2.05) is 0 Å². The highest BCUT2D eigenvalue weighted by atomic mass is 79.9. The van der Waals surface area contributed by atoms with E-state index in [0.717, 1.165) is 4.47 Å². The Kier molecular flexibility index (Phi) is 4.91. The molecule has 0 radical (unpaired) electrons. The van der Waals surface area contributed by atoms with Gasteiger partial charge in [-0.1, -0.05) is 46.3 Å². The third kappa shape index (κ3) is 3.46. The van der Waals surface area contributed by atoms with Crippen LogP contribution in [0.4, 0.5) is 0 Å². The molecule has 0 aliphatic carbocycles. The molecule has 3 rings (SSSR count). The summed E-state index contributed by atoms with van der Waals surface area (Å²) in [4.78, 5) is 2.72. The highest BCUT2D eigenvalue weighted by Gasteiger charge is 2.20. The third-order valence-electron chi connectivity index (χ3n) is 3.44. The molecule has 0 saturated carbocycles. The van der Waals surface area contributed by atoms with Crippen molar-refractivity contribution in [3.05, 3.63) is 79.1 Å². The van der Waals surface area contributed by atoms with Crippen molar-refractivity contribution in [3.63, 3.8) is 0 Å². The minimum atomic E-state index is 0.257. The number of halogens is 1. The van der Waals surface area contributed by atoms with Crippen LogP contribution in [0.25, 0.3) is 0 Å². The molecule has 0 bridgehead atoms. The first kappa shape index (κ1) is 15.0. The summed E-state index contributed by atoms with van der Waals surface area (Å²) in [5, 5.41) is 8.05. The SMILES string of the molecule is C[C@@H](NC(c1cccs1)c1cccs1)c1ccccc1Br. The molecule has 0 unspecified atom stereocenters. The zero-order valence-electron chi connectivity index (χ0n) is 11.6. The lowest BCUT2D eigenvalue weighted by molar-refractivity contribution is 0.525. The number of thiophene rings is 2. The van der Waals surface area contributed by atoms with E-state index < -0.39 is 0 Å². The fourth-order valence-electron chi connectivity index (χ4n) is 2.38. The Morgan fingerprint density at radius 1 is 0.905 bits per heavy atom. The summed E-state index contributed by atoms with van der Waals surface area (Å²) in [6, 6.07) is 17.6. The minimum Gasteiger partial charge on any atom is -0.298 e. The predicted molar refractivity (Wildman–Crippen MR) is 96.2 cm³/mol. The summed E-state index contributed by atoms with van der Waals surface area (Å²) < 4.78 is 1.15. The average molecular weight is 378 g/mol. The second-order valence-electron chi connectivity index (χ2n) is 4.87. The van der Waals surface area contributed by atoms with Gasteiger partial charge in [-0.25, -0.2) is 0 Å². The number of nitrogens with one attached hydrogen (secondary N) is 1. The van der Waals surface area contributed by atoms with Gasteiger partial charge >= 0.3 is 0 Å². The van der Waals surface area contributed by atoms with E-state index in [1.54, 1.807) is 22.7 Å². The average Bonchev–Trinajstić information content (AvgIpc) is 3.18. The number of hydrogen-bond donors (Lipinski definition) is 1. The predicted octanol–water partition coefficient (Wildman–Crippen LogP) is 6.01. The fraction of sp³-hybridized carbons (Fsp3) is 0.176. The topological polar surface area (TPSA) is 12.0 Å². The third-order valence-corrected chi connectivity index (χ3v) is 6.04. The van der Waals surface area contributed by atoms with Crippen LogP contribution in [0.2, 0.25) is 0 Å². The second kappa shape index (κ2) is 6.88. The fourth-order valence-corrected chi connectivity index (χ4v) is 4.69. The number of benzene rings is 1. The monoisotopic (exact) mass is 377 g/mol. The smallest absolute Gasteiger partial charge is 0.0769 e. The van der Waals surface area contributed by atoms with Gasteiger partial charge in [0.25, 0.3) is 0 Å². The van der Waals surface area contributed by atoms with E-state index in [0.29, 0.717) is 0 Å². The van der Waals surface area contributed by atoms with Crippen molar-refractivity contribution in [1.29, 1.82) is 0 Å². The number of rotatable bonds is 5. The summed E-state index contributed by atoms with van der Waals surface area (Å²) in [7, 11) is 0. The lowest BCUT2D eigenvalue weighted by Crippen LogP contribution is -2.24. The number of hydrogen-bond acceptors (Lipinski definition) is 3. The van der Waals surface area contributed by atoms with Crippen molar-refractivity contribution >= 4 is 38.6 Å². The summed E-state index contributed by atoms with van der Waals surface area (Å²) in [5.41, 5.74) is 1.29. The van der Waals surface area contributed by atoms with Gasteiger partial charge in [0.2, 0.25) is 0 Å². The zero-order valence-corrected chi connectivity index (χ0v) is 14.8. The normalized spacial score (nSPS) is 12.7. The Bertz CT molecular complexity index is 642. The van der Waals surface area contributed by atoms with Gasteiger partial charge in [-0.3, -0.25) is 5.32 Å². The summed E-state index contributed by atoms with van der Waals surface area (Å²) in [5.74, 6) is 0. The first-order chi connectivity index (χ1) is 10.3. The van der Waals surface area contributed by atoms with Gasteiger partial charge in [-0.2, -0.15) is 0 Å². The Hall–Kier alpha value is -0.940. The first-order valence-electron chi connectivity index (χ1n) is 6.83. The van der Waals surface area contributed by atoms with Crippen LogP contribution < -0.4 is 5.32 Å². The molecule has 2 aromatic heterocycles. The van der Waals surface area contributed by atoms with Crippen molar-refractivity contribution in [3.8, 4) is 0 Å². The van der Waals surface area contributed by atoms with Gasteiger partial charge in [0.1, 0.15) is 0 Å². The van der Waals surface area contributed by atoms with Crippen molar-refractivity contribution in [2.45, 2.75) is 19.0 Å². The van der Waals surface area contributed by atoms with E-state index in [-0.39, 0.29) is 12.1 Å². The van der Waals surface area contributed by atoms with Gasteiger partial charge in [0, 0.05) is 20.3 Å². The lowest BCUT2D eigenvalue weighted by Gasteiger charge is -2.23. The van der Waals surface area contributed by atoms with Crippen LogP contribution in [0.15, 0.2) is 63.8 Å². The molecule has 4 heteroatoms. The largest absolute Gasteiger partial charge is 0.298 e. The maximum absolute atomic E-state index is 3.77. The molecule has 1 nitrogen and oxygen atoms in total. The molecule has 0 spiro atoms. The molecule has 0 aliphatic heterocycles. The van der Waals surface area contributed by atoms with Gasteiger partial charge < -0.3 is 0 Å². The molecule has 1 atom stereocenters. The molecule has 108 valence electrons. The highest BCUT2D eigenvalue weighted by molar-refractivity contribution is 9.10. The maximum Gasteiger partial charge on any atom is 0.0769 e. The van der Waals surface area contributed by atoms with E-state index in [9.17, 15) is 0 Å². The summed E-state index contributed by atoms with van der Waals surface area (Å²) in [6.07, 6.45) is 0. The Morgan fingerprint density at radius 3 is 2.05 bits per heavy atom. The van der Waals surface area contributed by atoms with Crippen molar-refractivity contribution in [2.75, 3.05) is 0 Å². The van der Waals surface area contributed by atoms with Crippen LogP contribution in [0, 0.1) is 0 Å². The molecule has 1 N–H and O–H groups in total. The van der Waals surface area contributed by atoms with Gasteiger partial charge in [-0.15, -0.1) is 22.7 Å². The Balaban J connectivity index is 1.87. The van der Waals surface area contributed by atoms with E-state index >= 15 is 0 Å². The van der Waals surface area contributed by atoms with E-state index in [4.69, 9.17) is 0 Å². The Morgan fingerprint density at radius 2 is 1.52 bits per heavy atom. The van der Waals surface area contributed by atoms with Crippen LogP contribution in [0.3, 0.4) is 0 Å². The molecule has 2 heterocycles. The summed E-state index contributed by atoms with van der Waals surface area (Å²) in [6.45, 7) is 2.22. The van der Waals surface area contributed by atoms with Gasteiger partial charge in [0.15, 0.2) is 0 Å². The molecular weight excluding hydrogens is 362 g/mol.